The number of aryl methyl sites for hydroxylation is 3. The summed E-state index contributed by atoms with van der Waals surface area (Å²) >= 11 is 0. The minimum absolute atomic E-state index is 0.0483. The van der Waals surface area contributed by atoms with Crippen LogP contribution in [0.1, 0.15) is 23.6 Å². The van der Waals surface area contributed by atoms with Crippen LogP contribution in [-0.2, 0) is 9.59 Å². The van der Waals surface area contributed by atoms with Gasteiger partial charge in [0.05, 0.1) is 5.69 Å². The predicted molar refractivity (Wildman–Crippen MR) is 137 cm³/mol. The Bertz CT molecular complexity index is 1220. The van der Waals surface area contributed by atoms with Crippen molar-refractivity contribution < 1.29 is 14.3 Å². The lowest BCUT2D eigenvalue weighted by atomic mass is 9.99. The van der Waals surface area contributed by atoms with E-state index in [-0.39, 0.29) is 18.4 Å². The van der Waals surface area contributed by atoms with Crippen molar-refractivity contribution in [3.8, 4) is 17.0 Å². The highest BCUT2D eigenvalue weighted by atomic mass is 16.5. The second kappa shape index (κ2) is 10.5. The van der Waals surface area contributed by atoms with Crippen molar-refractivity contribution in [3.05, 3.63) is 65.2 Å². The van der Waals surface area contributed by atoms with Gasteiger partial charge in [0.15, 0.2) is 12.4 Å². The maximum absolute atomic E-state index is 12.6. The van der Waals surface area contributed by atoms with E-state index in [2.05, 4.69) is 53.3 Å². The largest absolute Gasteiger partial charge is 0.484 e. The maximum atomic E-state index is 12.6. The second-order valence-corrected chi connectivity index (χ2v) is 8.89. The Morgan fingerprint density at radius 1 is 0.914 bits per heavy atom. The van der Waals surface area contributed by atoms with Gasteiger partial charge in [0.1, 0.15) is 5.75 Å². The van der Waals surface area contributed by atoms with Gasteiger partial charge < -0.3 is 19.9 Å². The van der Waals surface area contributed by atoms with E-state index >= 15 is 0 Å². The van der Waals surface area contributed by atoms with Gasteiger partial charge >= 0.3 is 0 Å². The number of nitrogens with one attached hydrogen (secondary N) is 1. The molecule has 2 heterocycles. The Hall–Kier alpha value is -3.94. The first-order chi connectivity index (χ1) is 16.8. The summed E-state index contributed by atoms with van der Waals surface area (Å²) in [6.45, 7) is 10.3. The monoisotopic (exact) mass is 473 g/mol. The zero-order valence-corrected chi connectivity index (χ0v) is 20.7. The summed E-state index contributed by atoms with van der Waals surface area (Å²) in [5.41, 5.74) is 6.30. The Morgan fingerprint density at radius 2 is 1.66 bits per heavy atom. The first kappa shape index (κ1) is 24.2. The fourth-order valence-corrected chi connectivity index (χ4v) is 4.16. The van der Waals surface area contributed by atoms with Crippen molar-refractivity contribution in [1.29, 1.82) is 0 Å². The molecule has 0 spiro atoms. The highest BCUT2D eigenvalue weighted by Gasteiger charge is 2.22. The van der Waals surface area contributed by atoms with Gasteiger partial charge in [-0.25, -0.2) is 0 Å². The van der Waals surface area contributed by atoms with E-state index in [9.17, 15) is 9.59 Å². The van der Waals surface area contributed by atoms with E-state index in [4.69, 9.17) is 4.74 Å². The number of rotatable bonds is 6. The van der Waals surface area contributed by atoms with Crippen LogP contribution in [0.3, 0.4) is 0 Å². The van der Waals surface area contributed by atoms with E-state index in [1.54, 1.807) is 29.2 Å². The summed E-state index contributed by atoms with van der Waals surface area (Å²) in [6, 6.07) is 15.4. The Labute approximate surface area is 205 Å². The zero-order valence-electron chi connectivity index (χ0n) is 20.7. The highest BCUT2D eigenvalue weighted by molar-refractivity contribution is 5.88. The molecule has 1 aliphatic rings. The maximum Gasteiger partial charge on any atom is 0.260 e. The highest BCUT2D eigenvalue weighted by Crippen LogP contribution is 2.26. The van der Waals surface area contributed by atoms with Gasteiger partial charge in [-0.3, -0.25) is 9.59 Å². The summed E-state index contributed by atoms with van der Waals surface area (Å²) < 4.78 is 5.66. The average Bonchev–Trinajstić information content (AvgIpc) is 2.85. The number of carbonyl (C=O) groups excluding carboxylic acids is 2. The number of ether oxygens (including phenoxy) is 1. The van der Waals surface area contributed by atoms with Crippen LogP contribution in [-0.4, -0.2) is 59.7 Å². The number of carbonyl (C=O) groups is 2. The quantitative estimate of drug-likeness (QED) is 0.587. The molecule has 3 aromatic rings. The predicted octanol–water partition coefficient (Wildman–Crippen LogP) is 3.75. The third kappa shape index (κ3) is 5.95. The van der Waals surface area contributed by atoms with Crippen LogP contribution < -0.4 is 15.0 Å². The number of piperazine rings is 1. The molecule has 182 valence electrons. The molecule has 1 saturated heterocycles. The summed E-state index contributed by atoms with van der Waals surface area (Å²) in [7, 11) is 0. The van der Waals surface area contributed by atoms with Gasteiger partial charge in [0.25, 0.3) is 5.91 Å². The molecule has 0 atom stereocenters. The van der Waals surface area contributed by atoms with E-state index < -0.39 is 0 Å². The molecule has 1 N–H and O–H groups in total. The Kier molecular flexibility index (Phi) is 7.29. The third-order valence-corrected chi connectivity index (χ3v) is 6.24. The molecule has 0 aliphatic carbocycles. The molecule has 0 saturated carbocycles. The van der Waals surface area contributed by atoms with Crippen molar-refractivity contribution in [1.82, 2.24) is 15.1 Å². The lowest BCUT2D eigenvalue weighted by Crippen LogP contribution is -2.50. The minimum Gasteiger partial charge on any atom is -0.484 e. The molecule has 1 fully saturated rings. The lowest BCUT2D eigenvalue weighted by Gasteiger charge is -2.35. The van der Waals surface area contributed by atoms with Crippen LogP contribution in [0.5, 0.6) is 5.75 Å². The van der Waals surface area contributed by atoms with Crippen molar-refractivity contribution >= 4 is 23.3 Å². The number of hydrogen-bond acceptors (Lipinski definition) is 6. The fraction of sp³-hybridized carbons (Fsp3) is 0.333. The van der Waals surface area contributed by atoms with Crippen LogP contribution in [0.15, 0.2) is 48.5 Å². The first-order valence-electron chi connectivity index (χ1n) is 11.8. The van der Waals surface area contributed by atoms with E-state index in [1.165, 1.54) is 23.6 Å². The van der Waals surface area contributed by atoms with E-state index in [0.29, 0.717) is 37.6 Å². The van der Waals surface area contributed by atoms with Crippen LogP contribution in [0.25, 0.3) is 11.3 Å². The number of benzene rings is 2. The molecule has 8 heteroatoms. The molecule has 1 aromatic heterocycles. The molecule has 0 unspecified atom stereocenters. The molecule has 35 heavy (non-hydrogen) atoms. The molecular weight excluding hydrogens is 442 g/mol. The van der Waals surface area contributed by atoms with Gasteiger partial charge in [-0.15, -0.1) is 10.2 Å². The fourth-order valence-electron chi connectivity index (χ4n) is 4.16. The second-order valence-electron chi connectivity index (χ2n) is 8.89. The number of hydrogen-bond donors (Lipinski definition) is 1. The summed E-state index contributed by atoms with van der Waals surface area (Å²) in [4.78, 5) is 27.8. The van der Waals surface area contributed by atoms with Gasteiger partial charge in [0.2, 0.25) is 5.91 Å². The number of amides is 2. The van der Waals surface area contributed by atoms with Crippen LogP contribution in [0.2, 0.25) is 0 Å². The molecule has 0 bridgehead atoms. The number of aromatic nitrogens is 2. The van der Waals surface area contributed by atoms with Crippen LogP contribution in [0, 0.1) is 20.8 Å². The molecule has 4 rings (SSSR count). The standard InChI is InChI=1S/C27H31N5O3/c1-18-14-20(3)24(15-19(18)2)25-8-9-26(30-29-25)31-10-12-32(13-11-31)27(34)17-35-23-7-5-6-22(16-23)28-21(4)33/h5-9,14-16H,10-13,17H2,1-4H3,(H,28,33). The topological polar surface area (TPSA) is 87.7 Å². The van der Waals surface area contributed by atoms with Crippen molar-refractivity contribution in [2.24, 2.45) is 0 Å². The van der Waals surface area contributed by atoms with Crippen LogP contribution in [0.4, 0.5) is 11.5 Å². The van der Waals surface area contributed by atoms with E-state index in [0.717, 1.165) is 17.1 Å². The normalized spacial score (nSPS) is 13.5. The van der Waals surface area contributed by atoms with E-state index in [1.807, 2.05) is 12.1 Å². The average molecular weight is 474 g/mol. The first-order valence-corrected chi connectivity index (χ1v) is 11.8. The smallest absolute Gasteiger partial charge is 0.260 e. The SMILES string of the molecule is CC(=O)Nc1cccc(OCC(=O)N2CCN(c3ccc(-c4cc(C)c(C)cc4C)nn3)CC2)c1. The minimum atomic E-state index is -0.157. The van der Waals surface area contributed by atoms with Gasteiger partial charge in [-0.1, -0.05) is 12.1 Å². The van der Waals surface area contributed by atoms with Gasteiger partial charge in [-0.05, 0) is 67.8 Å². The van der Waals surface area contributed by atoms with Gasteiger partial charge in [-0.2, -0.15) is 0 Å². The van der Waals surface area contributed by atoms with Gasteiger partial charge in [0, 0.05) is 50.4 Å². The molecule has 1 aliphatic heterocycles. The van der Waals surface area contributed by atoms with Crippen LogP contribution >= 0.6 is 0 Å². The Balaban J connectivity index is 1.30. The third-order valence-electron chi connectivity index (χ3n) is 6.24. The number of anilines is 2. The molecule has 2 aromatic carbocycles. The molecule has 0 radical (unpaired) electrons. The molecule has 8 nitrogen and oxygen atoms in total. The zero-order chi connectivity index (χ0) is 24.9. The van der Waals surface area contributed by atoms with Crippen molar-refractivity contribution in [2.45, 2.75) is 27.7 Å². The number of nitrogens with zero attached hydrogens (tertiary/aromatic N) is 4. The lowest BCUT2D eigenvalue weighted by molar-refractivity contribution is -0.133. The summed E-state index contributed by atoms with van der Waals surface area (Å²) in [5.74, 6) is 1.13. The van der Waals surface area contributed by atoms with Crippen molar-refractivity contribution in [2.75, 3.05) is 43.0 Å². The summed E-state index contributed by atoms with van der Waals surface area (Å²) in [5, 5.41) is 11.6. The molecule has 2 amide bonds. The molecular formula is C27H31N5O3. The Morgan fingerprint density at radius 3 is 2.34 bits per heavy atom. The van der Waals surface area contributed by atoms with Crippen molar-refractivity contribution in [3.63, 3.8) is 0 Å². The summed E-state index contributed by atoms with van der Waals surface area (Å²) in [6.07, 6.45) is 0.